The average molecular weight is 328 g/mol. The van der Waals surface area contributed by atoms with Crippen molar-refractivity contribution in [2.45, 2.75) is 31.8 Å². The number of ether oxygens (including phenoxy) is 1. The van der Waals surface area contributed by atoms with Crippen LogP contribution in [-0.2, 0) is 11.8 Å². The van der Waals surface area contributed by atoms with Crippen LogP contribution >= 0.6 is 0 Å². The molecule has 0 aliphatic carbocycles. The molecular formula is C18H24N4O2. The van der Waals surface area contributed by atoms with E-state index in [4.69, 9.17) is 4.74 Å². The molecule has 1 aliphatic heterocycles. The molecule has 128 valence electrons. The number of methoxy groups -OCH3 is 1. The van der Waals surface area contributed by atoms with Crippen LogP contribution in [0.4, 0.5) is 5.69 Å². The summed E-state index contributed by atoms with van der Waals surface area (Å²) in [5.74, 6) is 0.827. The zero-order valence-electron chi connectivity index (χ0n) is 14.4. The summed E-state index contributed by atoms with van der Waals surface area (Å²) < 4.78 is 7.19. The monoisotopic (exact) mass is 328 g/mol. The van der Waals surface area contributed by atoms with Crippen molar-refractivity contribution in [1.82, 2.24) is 15.1 Å². The summed E-state index contributed by atoms with van der Waals surface area (Å²) in [5, 5.41) is 7.65. The Morgan fingerprint density at radius 3 is 2.88 bits per heavy atom. The number of carbonyl (C=O) groups excluding carboxylic acids is 1. The van der Waals surface area contributed by atoms with Crippen LogP contribution in [0.15, 0.2) is 36.7 Å². The zero-order valence-corrected chi connectivity index (χ0v) is 14.4. The number of anilines is 1. The fourth-order valence-corrected chi connectivity index (χ4v) is 3.18. The van der Waals surface area contributed by atoms with Gasteiger partial charge in [-0.1, -0.05) is 12.1 Å². The molecule has 0 radical (unpaired) electrons. The van der Waals surface area contributed by atoms with E-state index in [1.165, 1.54) is 0 Å². The Balaban J connectivity index is 1.75. The lowest BCUT2D eigenvalue weighted by Crippen LogP contribution is -2.51. The second kappa shape index (κ2) is 7.05. The molecule has 1 N–H and O–H groups in total. The Morgan fingerprint density at radius 2 is 2.17 bits per heavy atom. The highest BCUT2D eigenvalue weighted by atomic mass is 16.5. The SMILES string of the molecule is COc1ccccc1N1CCC[C@H](N[C@H](C)c2cnn(C)c2)C1=O. The van der Waals surface area contributed by atoms with Gasteiger partial charge in [-0.3, -0.25) is 14.8 Å². The number of hydrogen-bond donors (Lipinski definition) is 1. The van der Waals surface area contributed by atoms with Crippen molar-refractivity contribution in [2.24, 2.45) is 7.05 Å². The molecule has 1 aromatic carbocycles. The Hall–Kier alpha value is -2.34. The second-order valence-electron chi connectivity index (χ2n) is 6.19. The number of rotatable bonds is 5. The van der Waals surface area contributed by atoms with Gasteiger partial charge < -0.3 is 9.64 Å². The average Bonchev–Trinajstić information content (AvgIpc) is 3.03. The van der Waals surface area contributed by atoms with Gasteiger partial charge in [0.1, 0.15) is 5.75 Å². The molecule has 6 nitrogen and oxygen atoms in total. The maximum atomic E-state index is 13.0. The van der Waals surface area contributed by atoms with Crippen LogP contribution in [-0.4, -0.2) is 35.4 Å². The lowest BCUT2D eigenvalue weighted by atomic mass is 10.0. The van der Waals surface area contributed by atoms with Crippen molar-refractivity contribution in [1.29, 1.82) is 0 Å². The molecule has 1 saturated heterocycles. The molecule has 0 spiro atoms. The highest BCUT2D eigenvalue weighted by Gasteiger charge is 2.32. The molecule has 1 fully saturated rings. The first-order valence-electron chi connectivity index (χ1n) is 8.29. The number of nitrogens with zero attached hydrogens (tertiary/aromatic N) is 3. The van der Waals surface area contributed by atoms with E-state index in [1.54, 1.807) is 11.8 Å². The molecule has 24 heavy (non-hydrogen) atoms. The maximum absolute atomic E-state index is 13.0. The number of hydrogen-bond acceptors (Lipinski definition) is 4. The fourth-order valence-electron chi connectivity index (χ4n) is 3.18. The lowest BCUT2D eigenvalue weighted by molar-refractivity contribution is -0.122. The molecule has 2 atom stereocenters. The summed E-state index contributed by atoms with van der Waals surface area (Å²) >= 11 is 0. The van der Waals surface area contributed by atoms with E-state index in [0.29, 0.717) is 0 Å². The first-order chi connectivity index (χ1) is 11.6. The van der Waals surface area contributed by atoms with E-state index in [0.717, 1.165) is 36.4 Å². The number of aromatic nitrogens is 2. The predicted molar refractivity (Wildman–Crippen MR) is 93.1 cm³/mol. The van der Waals surface area contributed by atoms with Crippen LogP contribution in [0.2, 0.25) is 0 Å². The Labute approximate surface area is 142 Å². The Morgan fingerprint density at radius 1 is 1.38 bits per heavy atom. The van der Waals surface area contributed by atoms with Crippen molar-refractivity contribution in [3.05, 3.63) is 42.2 Å². The van der Waals surface area contributed by atoms with Gasteiger partial charge in [-0.25, -0.2) is 0 Å². The zero-order chi connectivity index (χ0) is 17.1. The standard InChI is InChI=1S/C18H24N4O2/c1-13(14-11-19-21(2)12-14)20-15-7-6-10-22(18(15)23)16-8-4-5-9-17(16)24-3/h4-5,8-9,11-13,15,20H,6-7,10H2,1-3H3/t13-,15+/m1/s1. The normalized spacial score (nSPS) is 19.4. The number of amides is 1. The van der Waals surface area contributed by atoms with Crippen molar-refractivity contribution in [3.8, 4) is 5.75 Å². The minimum atomic E-state index is -0.195. The molecule has 2 aromatic rings. The van der Waals surface area contributed by atoms with Gasteiger partial charge in [-0.2, -0.15) is 5.10 Å². The van der Waals surface area contributed by atoms with Gasteiger partial charge in [0.2, 0.25) is 5.91 Å². The minimum Gasteiger partial charge on any atom is -0.495 e. The Kier molecular flexibility index (Phi) is 4.85. The highest BCUT2D eigenvalue weighted by molar-refractivity contribution is 5.99. The third-order valence-corrected chi connectivity index (χ3v) is 4.49. The van der Waals surface area contributed by atoms with E-state index in [-0.39, 0.29) is 18.0 Å². The number of benzene rings is 1. The van der Waals surface area contributed by atoms with Gasteiger partial charge in [0.25, 0.3) is 0 Å². The van der Waals surface area contributed by atoms with Crippen LogP contribution in [0.1, 0.15) is 31.4 Å². The molecular weight excluding hydrogens is 304 g/mol. The van der Waals surface area contributed by atoms with Crippen molar-refractivity contribution >= 4 is 11.6 Å². The molecule has 1 aromatic heterocycles. The summed E-state index contributed by atoms with van der Waals surface area (Å²) in [5.41, 5.74) is 1.92. The van der Waals surface area contributed by atoms with Crippen LogP contribution < -0.4 is 15.0 Å². The van der Waals surface area contributed by atoms with E-state index in [1.807, 2.05) is 48.6 Å². The molecule has 6 heteroatoms. The van der Waals surface area contributed by atoms with E-state index in [2.05, 4.69) is 17.3 Å². The van der Waals surface area contributed by atoms with Gasteiger partial charge in [-0.15, -0.1) is 0 Å². The summed E-state index contributed by atoms with van der Waals surface area (Å²) in [4.78, 5) is 14.8. The van der Waals surface area contributed by atoms with E-state index >= 15 is 0 Å². The molecule has 1 amide bonds. The van der Waals surface area contributed by atoms with Crippen molar-refractivity contribution in [3.63, 3.8) is 0 Å². The van der Waals surface area contributed by atoms with Gasteiger partial charge in [0, 0.05) is 31.4 Å². The van der Waals surface area contributed by atoms with Gasteiger partial charge in [0.05, 0.1) is 25.0 Å². The molecule has 0 unspecified atom stereocenters. The summed E-state index contributed by atoms with van der Waals surface area (Å²) in [6, 6.07) is 7.54. The molecule has 1 aliphatic rings. The van der Waals surface area contributed by atoms with Gasteiger partial charge >= 0.3 is 0 Å². The van der Waals surface area contributed by atoms with E-state index in [9.17, 15) is 4.79 Å². The third kappa shape index (κ3) is 3.28. The maximum Gasteiger partial charge on any atom is 0.244 e. The van der Waals surface area contributed by atoms with Crippen LogP contribution in [0.5, 0.6) is 5.75 Å². The quantitative estimate of drug-likeness (QED) is 0.915. The van der Waals surface area contributed by atoms with Crippen molar-refractivity contribution < 1.29 is 9.53 Å². The number of carbonyl (C=O) groups is 1. The van der Waals surface area contributed by atoms with Crippen molar-refractivity contribution in [2.75, 3.05) is 18.6 Å². The number of aryl methyl sites for hydroxylation is 1. The molecule has 0 bridgehead atoms. The number of para-hydroxylation sites is 2. The Bertz CT molecular complexity index is 713. The lowest BCUT2D eigenvalue weighted by Gasteiger charge is -2.34. The molecule has 2 heterocycles. The fraction of sp³-hybridized carbons (Fsp3) is 0.444. The number of piperidine rings is 1. The van der Waals surface area contributed by atoms with Crippen LogP contribution in [0.25, 0.3) is 0 Å². The highest BCUT2D eigenvalue weighted by Crippen LogP contribution is 2.31. The second-order valence-corrected chi connectivity index (χ2v) is 6.19. The van der Waals surface area contributed by atoms with Crippen LogP contribution in [0, 0.1) is 0 Å². The third-order valence-electron chi connectivity index (χ3n) is 4.49. The smallest absolute Gasteiger partial charge is 0.244 e. The minimum absolute atomic E-state index is 0.0743. The first-order valence-corrected chi connectivity index (χ1v) is 8.29. The number of nitrogens with one attached hydrogen (secondary N) is 1. The van der Waals surface area contributed by atoms with Gasteiger partial charge in [-0.05, 0) is 31.9 Å². The predicted octanol–water partition coefficient (Wildman–Crippen LogP) is 2.27. The first kappa shape index (κ1) is 16.5. The largest absolute Gasteiger partial charge is 0.495 e. The van der Waals surface area contributed by atoms with Gasteiger partial charge in [0.15, 0.2) is 0 Å². The summed E-state index contributed by atoms with van der Waals surface area (Å²) in [6.45, 7) is 2.78. The molecule has 0 saturated carbocycles. The van der Waals surface area contributed by atoms with E-state index < -0.39 is 0 Å². The molecule has 3 rings (SSSR count). The van der Waals surface area contributed by atoms with Crippen LogP contribution in [0.3, 0.4) is 0 Å². The summed E-state index contributed by atoms with van der Waals surface area (Å²) in [6.07, 6.45) is 5.61. The topological polar surface area (TPSA) is 59.4 Å². The summed E-state index contributed by atoms with van der Waals surface area (Å²) in [7, 11) is 3.53.